The van der Waals surface area contributed by atoms with Crippen molar-refractivity contribution in [3.63, 3.8) is 0 Å². The van der Waals surface area contributed by atoms with Gasteiger partial charge in [-0.1, -0.05) is 23.2 Å². The maximum Gasteiger partial charge on any atom is 0.326 e. The number of benzene rings is 1. The van der Waals surface area contributed by atoms with Crippen LogP contribution in [0.25, 0.3) is 0 Å². The fourth-order valence-corrected chi connectivity index (χ4v) is 2.20. The number of carboxylic acid groups (broad SMARTS) is 1. The van der Waals surface area contributed by atoms with Gasteiger partial charge in [0.1, 0.15) is 11.8 Å². The zero-order chi connectivity index (χ0) is 15.8. The summed E-state index contributed by atoms with van der Waals surface area (Å²) in [5.41, 5.74) is 0. The van der Waals surface area contributed by atoms with E-state index in [2.05, 4.69) is 5.32 Å². The lowest BCUT2D eigenvalue weighted by atomic mass is 10.2. The van der Waals surface area contributed by atoms with Gasteiger partial charge in [-0.15, -0.1) is 0 Å². The molecule has 0 aromatic heterocycles. The van der Waals surface area contributed by atoms with Gasteiger partial charge in [0.15, 0.2) is 6.61 Å². The maximum absolute atomic E-state index is 11.7. The number of hydrogen-bond donors (Lipinski definition) is 2. The van der Waals surface area contributed by atoms with E-state index in [1.165, 1.54) is 17.8 Å². The molecular weight excluding hydrogens is 337 g/mol. The number of hydrogen-bond acceptors (Lipinski definition) is 4. The minimum Gasteiger partial charge on any atom is -0.484 e. The van der Waals surface area contributed by atoms with Crippen LogP contribution in [0, 0.1) is 0 Å². The first-order valence-electron chi connectivity index (χ1n) is 6.03. The van der Waals surface area contributed by atoms with E-state index in [1.54, 1.807) is 12.1 Å². The van der Waals surface area contributed by atoms with Gasteiger partial charge in [0.05, 0.1) is 10.0 Å². The fraction of sp³-hybridized carbons (Fsp3) is 0.385. The van der Waals surface area contributed by atoms with Crippen LogP contribution in [-0.2, 0) is 9.59 Å². The second-order valence-electron chi connectivity index (χ2n) is 4.10. The number of halogens is 2. The molecule has 0 saturated heterocycles. The molecule has 0 spiro atoms. The largest absolute Gasteiger partial charge is 0.484 e. The molecule has 5 nitrogen and oxygen atoms in total. The third kappa shape index (κ3) is 6.46. The topological polar surface area (TPSA) is 75.6 Å². The smallest absolute Gasteiger partial charge is 0.326 e. The number of aliphatic carboxylic acids is 1. The van der Waals surface area contributed by atoms with Crippen LogP contribution in [0.3, 0.4) is 0 Å². The molecule has 0 aliphatic rings. The Morgan fingerprint density at radius 1 is 1.38 bits per heavy atom. The summed E-state index contributed by atoms with van der Waals surface area (Å²) in [4.78, 5) is 22.7. The van der Waals surface area contributed by atoms with Crippen LogP contribution < -0.4 is 10.1 Å². The van der Waals surface area contributed by atoms with E-state index in [-0.39, 0.29) is 6.61 Å². The van der Waals surface area contributed by atoms with Gasteiger partial charge in [0, 0.05) is 6.07 Å². The number of nitrogens with one attached hydrogen (secondary N) is 1. The van der Waals surface area contributed by atoms with Gasteiger partial charge in [-0.05, 0) is 30.6 Å². The third-order valence-electron chi connectivity index (χ3n) is 2.50. The lowest BCUT2D eigenvalue weighted by molar-refractivity contribution is -0.142. The average Bonchev–Trinajstić information content (AvgIpc) is 2.44. The minimum atomic E-state index is -1.06. The molecule has 0 aliphatic heterocycles. The van der Waals surface area contributed by atoms with E-state index >= 15 is 0 Å². The Morgan fingerprint density at radius 2 is 2.10 bits per heavy atom. The molecule has 8 heteroatoms. The molecule has 1 amide bonds. The molecule has 1 aromatic rings. The highest BCUT2D eigenvalue weighted by Crippen LogP contribution is 2.26. The van der Waals surface area contributed by atoms with Crippen LogP contribution >= 0.6 is 35.0 Å². The van der Waals surface area contributed by atoms with E-state index in [9.17, 15) is 9.59 Å². The van der Waals surface area contributed by atoms with E-state index in [1.807, 2.05) is 6.26 Å². The van der Waals surface area contributed by atoms with Crippen molar-refractivity contribution >= 4 is 46.8 Å². The number of carboxylic acids is 1. The summed E-state index contributed by atoms with van der Waals surface area (Å²) in [7, 11) is 0. The van der Waals surface area contributed by atoms with Gasteiger partial charge in [0.2, 0.25) is 0 Å². The first kappa shape index (κ1) is 17.9. The zero-order valence-corrected chi connectivity index (χ0v) is 13.6. The van der Waals surface area contributed by atoms with Crippen LogP contribution in [0.2, 0.25) is 10.0 Å². The molecule has 21 heavy (non-hydrogen) atoms. The standard InChI is InChI=1S/C13H15Cl2NO4S/c1-21-5-4-11(13(18)19)16-12(17)7-20-8-2-3-9(14)10(15)6-8/h2-3,6,11H,4-5,7H2,1H3,(H,16,17)(H,18,19)/t11-/m1/s1. The van der Waals surface area contributed by atoms with Crippen molar-refractivity contribution in [2.45, 2.75) is 12.5 Å². The molecule has 0 fully saturated rings. The molecule has 0 unspecified atom stereocenters. The van der Waals surface area contributed by atoms with Gasteiger partial charge in [0.25, 0.3) is 5.91 Å². The molecule has 0 saturated carbocycles. The van der Waals surface area contributed by atoms with E-state index in [4.69, 9.17) is 33.0 Å². The van der Waals surface area contributed by atoms with E-state index < -0.39 is 17.9 Å². The minimum absolute atomic E-state index is 0.291. The van der Waals surface area contributed by atoms with Gasteiger partial charge < -0.3 is 15.2 Å². The van der Waals surface area contributed by atoms with Crippen molar-refractivity contribution in [2.75, 3.05) is 18.6 Å². The number of thioether (sulfide) groups is 1. The summed E-state index contributed by atoms with van der Waals surface area (Å²) in [5.74, 6) is -0.540. The molecule has 0 heterocycles. The summed E-state index contributed by atoms with van der Waals surface area (Å²) < 4.78 is 5.24. The molecule has 1 aromatic carbocycles. The van der Waals surface area contributed by atoms with Gasteiger partial charge in [-0.25, -0.2) is 4.79 Å². The van der Waals surface area contributed by atoms with Gasteiger partial charge in [-0.3, -0.25) is 4.79 Å². The first-order chi connectivity index (χ1) is 9.93. The Kier molecular flexibility index (Phi) is 7.71. The highest BCUT2D eigenvalue weighted by Gasteiger charge is 2.19. The molecule has 116 valence electrons. The number of amides is 1. The van der Waals surface area contributed by atoms with Crippen molar-refractivity contribution in [3.05, 3.63) is 28.2 Å². The maximum atomic E-state index is 11.7. The Hall–Kier alpha value is -1.11. The van der Waals surface area contributed by atoms with Crippen molar-refractivity contribution in [3.8, 4) is 5.75 Å². The van der Waals surface area contributed by atoms with Crippen molar-refractivity contribution in [1.82, 2.24) is 5.32 Å². The van der Waals surface area contributed by atoms with Crippen molar-refractivity contribution in [1.29, 1.82) is 0 Å². The number of ether oxygens (including phenoxy) is 1. The quantitative estimate of drug-likeness (QED) is 0.752. The molecule has 0 bridgehead atoms. The summed E-state index contributed by atoms with van der Waals surface area (Å²) in [6, 6.07) is 3.70. The molecule has 0 radical (unpaired) electrons. The van der Waals surface area contributed by atoms with Crippen LogP contribution in [-0.4, -0.2) is 41.6 Å². The van der Waals surface area contributed by atoms with Crippen LogP contribution in [0.1, 0.15) is 6.42 Å². The van der Waals surface area contributed by atoms with Gasteiger partial charge >= 0.3 is 5.97 Å². The first-order valence-corrected chi connectivity index (χ1v) is 8.18. The lowest BCUT2D eigenvalue weighted by Crippen LogP contribution is -2.43. The van der Waals surface area contributed by atoms with Crippen LogP contribution in [0.4, 0.5) is 0 Å². The predicted molar refractivity (Wildman–Crippen MR) is 84.5 cm³/mol. The Bertz CT molecular complexity index is 513. The highest BCUT2D eigenvalue weighted by molar-refractivity contribution is 7.98. The monoisotopic (exact) mass is 351 g/mol. The number of rotatable bonds is 8. The van der Waals surface area contributed by atoms with E-state index in [0.29, 0.717) is 28.0 Å². The second kappa shape index (κ2) is 9.02. The highest BCUT2D eigenvalue weighted by atomic mass is 35.5. The summed E-state index contributed by atoms with van der Waals surface area (Å²) in [6.07, 6.45) is 2.23. The number of carbonyl (C=O) groups is 2. The lowest BCUT2D eigenvalue weighted by Gasteiger charge is -2.14. The summed E-state index contributed by atoms with van der Waals surface area (Å²) in [6.45, 7) is -0.291. The normalized spacial score (nSPS) is 11.8. The average molecular weight is 352 g/mol. The number of carbonyl (C=O) groups excluding carboxylic acids is 1. The SMILES string of the molecule is CSCC[C@@H](NC(=O)COc1ccc(Cl)c(Cl)c1)C(=O)O. The van der Waals surface area contributed by atoms with Crippen molar-refractivity contribution < 1.29 is 19.4 Å². The second-order valence-corrected chi connectivity index (χ2v) is 5.90. The molecule has 1 rings (SSSR count). The van der Waals surface area contributed by atoms with Crippen molar-refractivity contribution in [2.24, 2.45) is 0 Å². The summed E-state index contributed by atoms with van der Waals surface area (Å²) in [5, 5.41) is 12.1. The Balaban J connectivity index is 2.48. The predicted octanol–water partition coefficient (Wildman–Crippen LogP) is 2.69. The summed E-state index contributed by atoms with van der Waals surface area (Å²) >= 11 is 13.1. The molecule has 1 atom stereocenters. The fourth-order valence-electron chi connectivity index (χ4n) is 1.44. The molecular formula is C13H15Cl2NO4S. The van der Waals surface area contributed by atoms with Crippen LogP contribution in [0.5, 0.6) is 5.75 Å². The Morgan fingerprint density at radius 3 is 2.67 bits per heavy atom. The van der Waals surface area contributed by atoms with E-state index in [0.717, 1.165) is 0 Å². The molecule has 0 aliphatic carbocycles. The third-order valence-corrected chi connectivity index (χ3v) is 3.89. The van der Waals surface area contributed by atoms with Gasteiger partial charge in [-0.2, -0.15) is 11.8 Å². The zero-order valence-electron chi connectivity index (χ0n) is 11.3. The Labute approximate surface area is 136 Å². The molecule has 2 N–H and O–H groups in total. The van der Waals surface area contributed by atoms with Crippen LogP contribution in [0.15, 0.2) is 18.2 Å².